The van der Waals surface area contributed by atoms with Crippen LogP contribution in [0.4, 0.5) is 5.69 Å². The van der Waals surface area contributed by atoms with E-state index >= 15 is 0 Å². The lowest BCUT2D eigenvalue weighted by molar-refractivity contribution is 0.167. The summed E-state index contributed by atoms with van der Waals surface area (Å²) in [7, 11) is 0. The summed E-state index contributed by atoms with van der Waals surface area (Å²) in [6.45, 7) is 5.19. The number of fused-ring (bicyclic) bond motifs is 1. The quantitative estimate of drug-likeness (QED) is 0.839. The van der Waals surface area contributed by atoms with Crippen LogP contribution >= 0.6 is 0 Å². The highest BCUT2D eigenvalue weighted by atomic mass is 16.3. The largest absolute Gasteiger partial charge is 0.439 e. The van der Waals surface area contributed by atoms with E-state index in [1.165, 1.54) is 19.3 Å². The maximum atomic E-state index is 5.78. The minimum absolute atomic E-state index is 0.719. The maximum Gasteiger partial charge on any atom is 0.209 e. The lowest BCUT2D eigenvalue weighted by Gasteiger charge is -2.31. The molecule has 2 N–H and O–H groups in total. The fourth-order valence-corrected chi connectivity index (χ4v) is 2.59. The van der Waals surface area contributed by atoms with Gasteiger partial charge in [-0.25, -0.2) is 4.98 Å². The zero-order chi connectivity index (χ0) is 13.2. The van der Waals surface area contributed by atoms with Gasteiger partial charge in [0.1, 0.15) is 5.52 Å². The molecule has 102 valence electrons. The summed E-state index contributed by atoms with van der Waals surface area (Å²) in [4.78, 5) is 6.94. The van der Waals surface area contributed by atoms with Crippen molar-refractivity contribution in [3.63, 3.8) is 0 Å². The van der Waals surface area contributed by atoms with E-state index < -0.39 is 0 Å². The molecule has 3 rings (SSSR count). The first-order chi connectivity index (χ1) is 9.24. The third-order valence-corrected chi connectivity index (χ3v) is 4.00. The van der Waals surface area contributed by atoms with Crippen molar-refractivity contribution in [3.8, 4) is 0 Å². The zero-order valence-corrected chi connectivity index (χ0v) is 11.4. The van der Waals surface area contributed by atoms with Gasteiger partial charge in [-0.15, -0.1) is 0 Å². The van der Waals surface area contributed by atoms with Crippen molar-refractivity contribution >= 4 is 16.8 Å². The summed E-state index contributed by atoms with van der Waals surface area (Å²) < 4.78 is 5.78. The van der Waals surface area contributed by atoms with E-state index in [2.05, 4.69) is 16.8 Å². The molecule has 0 aliphatic heterocycles. The van der Waals surface area contributed by atoms with Gasteiger partial charge in [-0.1, -0.05) is 13.3 Å². The van der Waals surface area contributed by atoms with Crippen molar-refractivity contribution in [3.05, 3.63) is 24.1 Å². The second-order valence-electron chi connectivity index (χ2n) is 5.46. The monoisotopic (exact) mass is 259 g/mol. The molecule has 1 fully saturated rings. The number of oxazole rings is 1. The molecule has 4 heteroatoms. The second kappa shape index (κ2) is 5.21. The molecule has 4 nitrogen and oxygen atoms in total. The Hall–Kier alpha value is -1.55. The smallest absolute Gasteiger partial charge is 0.209 e. The van der Waals surface area contributed by atoms with Crippen molar-refractivity contribution in [1.29, 1.82) is 0 Å². The van der Waals surface area contributed by atoms with Crippen LogP contribution in [-0.4, -0.2) is 23.0 Å². The van der Waals surface area contributed by atoms with Crippen LogP contribution in [0.3, 0.4) is 0 Å². The van der Waals surface area contributed by atoms with Gasteiger partial charge in [0.05, 0.1) is 6.54 Å². The van der Waals surface area contributed by atoms with Gasteiger partial charge >= 0.3 is 0 Å². The van der Waals surface area contributed by atoms with Crippen LogP contribution in [0.2, 0.25) is 0 Å². The standard InChI is InChI=1S/C15H21N3O/c1-2-18(9-11-4-3-5-11)10-15-17-13-7-6-12(16)8-14(13)19-15/h6-8,11H,2-5,9-10,16H2,1H3. The molecule has 1 aromatic carbocycles. The van der Waals surface area contributed by atoms with Crippen LogP contribution in [-0.2, 0) is 6.54 Å². The number of hydrogen-bond acceptors (Lipinski definition) is 4. The fourth-order valence-electron chi connectivity index (χ4n) is 2.59. The van der Waals surface area contributed by atoms with Crippen molar-refractivity contribution in [1.82, 2.24) is 9.88 Å². The summed E-state index contributed by atoms with van der Waals surface area (Å²) in [5.74, 6) is 1.67. The first-order valence-corrected chi connectivity index (χ1v) is 7.12. The molecule has 0 saturated heterocycles. The van der Waals surface area contributed by atoms with Crippen LogP contribution in [0.1, 0.15) is 32.1 Å². The molecule has 0 amide bonds. The van der Waals surface area contributed by atoms with E-state index in [1.54, 1.807) is 0 Å². The van der Waals surface area contributed by atoms with Crippen LogP contribution < -0.4 is 5.73 Å². The number of aromatic nitrogens is 1. The number of anilines is 1. The van der Waals surface area contributed by atoms with Gasteiger partial charge in [0.15, 0.2) is 5.58 Å². The molecular weight excluding hydrogens is 238 g/mol. The average molecular weight is 259 g/mol. The van der Waals surface area contributed by atoms with Gasteiger partial charge in [0.25, 0.3) is 0 Å². The third kappa shape index (κ3) is 2.73. The Morgan fingerprint density at radius 2 is 2.26 bits per heavy atom. The second-order valence-corrected chi connectivity index (χ2v) is 5.46. The molecule has 0 radical (unpaired) electrons. The normalized spacial score (nSPS) is 16.1. The van der Waals surface area contributed by atoms with Crippen LogP contribution in [0.5, 0.6) is 0 Å². The summed E-state index contributed by atoms with van der Waals surface area (Å²) >= 11 is 0. The predicted octanol–water partition coefficient (Wildman–Crippen LogP) is 3.03. The zero-order valence-electron chi connectivity index (χ0n) is 11.4. The van der Waals surface area contributed by atoms with E-state index in [-0.39, 0.29) is 0 Å². The predicted molar refractivity (Wildman–Crippen MR) is 76.7 cm³/mol. The number of nitrogens with zero attached hydrogens (tertiary/aromatic N) is 2. The molecule has 1 aliphatic carbocycles. The van der Waals surface area contributed by atoms with Crippen molar-refractivity contribution in [2.75, 3.05) is 18.8 Å². The molecule has 0 unspecified atom stereocenters. The van der Waals surface area contributed by atoms with Gasteiger partial charge in [-0.05, 0) is 37.4 Å². The molecular formula is C15H21N3O. The Morgan fingerprint density at radius 3 is 2.95 bits per heavy atom. The van der Waals surface area contributed by atoms with Gasteiger partial charge in [0.2, 0.25) is 5.89 Å². The molecule has 1 aromatic heterocycles. The summed E-state index contributed by atoms with van der Waals surface area (Å²) in [6, 6.07) is 5.62. The number of benzene rings is 1. The van der Waals surface area contributed by atoms with Gasteiger partial charge in [-0.2, -0.15) is 0 Å². The minimum Gasteiger partial charge on any atom is -0.439 e. The number of nitrogen functional groups attached to an aromatic ring is 1. The van der Waals surface area contributed by atoms with E-state index in [9.17, 15) is 0 Å². The highest BCUT2D eigenvalue weighted by Gasteiger charge is 2.21. The van der Waals surface area contributed by atoms with Gasteiger partial charge in [-0.3, -0.25) is 4.90 Å². The SMILES string of the molecule is CCN(Cc1nc2ccc(N)cc2o1)CC1CCC1. The van der Waals surface area contributed by atoms with Crippen LogP contribution in [0.15, 0.2) is 22.6 Å². The summed E-state index contributed by atoms with van der Waals surface area (Å²) in [5.41, 5.74) is 8.15. The highest BCUT2D eigenvalue weighted by Crippen LogP contribution is 2.27. The molecule has 0 bridgehead atoms. The van der Waals surface area contributed by atoms with Gasteiger partial charge < -0.3 is 10.2 Å². The molecule has 1 saturated carbocycles. The van der Waals surface area contributed by atoms with Crippen molar-refractivity contribution < 1.29 is 4.42 Å². The van der Waals surface area contributed by atoms with Gasteiger partial charge in [0, 0.05) is 18.3 Å². The fraction of sp³-hybridized carbons (Fsp3) is 0.533. The number of rotatable bonds is 5. The minimum atomic E-state index is 0.719. The molecule has 1 heterocycles. The first kappa shape index (κ1) is 12.5. The molecule has 1 aliphatic rings. The van der Waals surface area contributed by atoms with E-state index in [0.29, 0.717) is 0 Å². The van der Waals surface area contributed by atoms with Crippen LogP contribution in [0.25, 0.3) is 11.1 Å². The van der Waals surface area contributed by atoms with Crippen molar-refractivity contribution in [2.45, 2.75) is 32.7 Å². The Morgan fingerprint density at radius 1 is 1.42 bits per heavy atom. The van der Waals surface area contributed by atoms with E-state index in [0.717, 1.165) is 48.2 Å². The Kier molecular flexibility index (Phi) is 3.42. The highest BCUT2D eigenvalue weighted by molar-refractivity contribution is 5.76. The molecule has 2 aromatic rings. The van der Waals surface area contributed by atoms with E-state index in [1.807, 2.05) is 18.2 Å². The molecule has 19 heavy (non-hydrogen) atoms. The Bertz CT molecular complexity index is 560. The molecule has 0 spiro atoms. The lowest BCUT2D eigenvalue weighted by Crippen LogP contribution is -2.32. The first-order valence-electron chi connectivity index (χ1n) is 7.12. The number of nitrogens with two attached hydrogens (primary N) is 1. The van der Waals surface area contributed by atoms with Crippen LogP contribution in [0, 0.1) is 5.92 Å². The molecule has 0 atom stereocenters. The number of hydrogen-bond donors (Lipinski definition) is 1. The lowest BCUT2D eigenvalue weighted by atomic mass is 9.85. The topological polar surface area (TPSA) is 55.3 Å². The summed E-state index contributed by atoms with van der Waals surface area (Å²) in [5, 5.41) is 0. The summed E-state index contributed by atoms with van der Waals surface area (Å²) in [6.07, 6.45) is 4.14. The Balaban J connectivity index is 1.71. The maximum absolute atomic E-state index is 5.78. The van der Waals surface area contributed by atoms with Crippen molar-refractivity contribution in [2.24, 2.45) is 5.92 Å². The third-order valence-electron chi connectivity index (χ3n) is 4.00. The van der Waals surface area contributed by atoms with E-state index in [4.69, 9.17) is 10.2 Å². The average Bonchev–Trinajstić information content (AvgIpc) is 2.73. The Labute approximate surface area is 113 Å².